The van der Waals surface area contributed by atoms with E-state index in [4.69, 9.17) is 15.9 Å². The molecule has 0 aromatic rings. The van der Waals surface area contributed by atoms with Gasteiger partial charge in [-0.3, -0.25) is 9.59 Å². The lowest BCUT2D eigenvalue weighted by atomic mass is 10.1. The van der Waals surface area contributed by atoms with Crippen LogP contribution >= 0.6 is 0 Å². The van der Waals surface area contributed by atoms with Crippen LogP contribution in [0.15, 0.2) is 0 Å². The molecule has 0 fully saturated rings. The largest absolute Gasteiger partial charge is 0.481 e. The average molecular weight is 246 g/mol. The predicted molar refractivity (Wildman–Crippen MR) is 59.3 cm³/mol. The van der Waals surface area contributed by atoms with Crippen molar-refractivity contribution >= 4 is 17.8 Å². The summed E-state index contributed by atoms with van der Waals surface area (Å²) < 4.78 is 0. The van der Waals surface area contributed by atoms with Gasteiger partial charge in [-0.25, -0.2) is 4.79 Å². The first-order valence-corrected chi connectivity index (χ1v) is 5.33. The smallest absolute Gasteiger partial charge is 0.326 e. The van der Waals surface area contributed by atoms with Gasteiger partial charge in [0.25, 0.3) is 0 Å². The molecule has 0 bridgehead atoms. The Morgan fingerprint density at radius 1 is 1.24 bits per heavy atom. The van der Waals surface area contributed by atoms with Crippen LogP contribution in [-0.4, -0.2) is 40.6 Å². The quantitative estimate of drug-likeness (QED) is 0.452. The summed E-state index contributed by atoms with van der Waals surface area (Å²) in [4.78, 5) is 32.6. The molecular formula is C10H18N2O5. The molecule has 1 amide bonds. The van der Waals surface area contributed by atoms with Gasteiger partial charge in [-0.1, -0.05) is 6.92 Å². The first-order valence-electron chi connectivity index (χ1n) is 5.33. The van der Waals surface area contributed by atoms with E-state index in [1.165, 1.54) is 0 Å². The molecule has 0 aromatic heterocycles. The molecule has 0 radical (unpaired) electrons. The van der Waals surface area contributed by atoms with Crippen LogP contribution in [0.5, 0.6) is 0 Å². The Bertz CT molecular complexity index is 292. The molecule has 0 rings (SSSR count). The van der Waals surface area contributed by atoms with Crippen molar-refractivity contribution in [2.45, 2.75) is 32.2 Å². The van der Waals surface area contributed by atoms with E-state index in [0.717, 1.165) is 0 Å². The molecule has 0 spiro atoms. The Hall–Kier alpha value is -1.63. The summed E-state index contributed by atoms with van der Waals surface area (Å²) in [6.07, 6.45) is 0.0192. The van der Waals surface area contributed by atoms with Crippen molar-refractivity contribution in [2.24, 2.45) is 11.7 Å². The van der Waals surface area contributed by atoms with Crippen LogP contribution in [0.2, 0.25) is 0 Å². The first kappa shape index (κ1) is 15.4. The summed E-state index contributed by atoms with van der Waals surface area (Å²) in [6, 6.07) is -1.17. The minimum absolute atomic E-state index is 0.133. The van der Waals surface area contributed by atoms with Crippen molar-refractivity contribution in [1.82, 2.24) is 5.32 Å². The maximum atomic E-state index is 11.5. The average Bonchev–Trinajstić information content (AvgIpc) is 2.23. The van der Waals surface area contributed by atoms with E-state index in [1.807, 2.05) is 0 Å². The second-order valence-electron chi connectivity index (χ2n) is 3.81. The molecule has 2 atom stereocenters. The van der Waals surface area contributed by atoms with Crippen molar-refractivity contribution in [1.29, 1.82) is 0 Å². The molecule has 1 unspecified atom stereocenters. The number of rotatable bonds is 8. The number of carboxylic acids is 2. The van der Waals surface area contributed by atoms with Gasteiger partial charge in [-0.2, -0.15) is 0 Å². The Morgan fingerprint density at radius 3 is 2.24 bits per heavy atom. The normalized spacial score (nSPS) is 13.8. The van der Waals surface area contributed by atoms with Gasteiger partial charge in [-0.15, -0.1) is 0 Å². The van der Waals surface area contributed by atoms with Crippen LogP contribution < -0.4 is 11.1 Å². The Labute approximate surface area is 99.0 Å². The Morgan fingerprint density at radius 2 is 1.82 bits per heavy atom. The summed E-state index contributed by atoms with van der Waals surface area (Å²) >= 11 is 0. The van der Waals surface area contributed by atoms with Crippen LogP contribution in [0.1, 0.15) is 26.2 Å². The topological polar surface area (TPSA) is 130 Å². The molecule has 0 heterocycles. The van der Waals surface area contributed by atoms with Crippen molar-refractivity contribution in [3.05, 3.63) is 0 Å². The number of carboxylic acid groups (broad SMARTS) is 2. The van der Waals surface area contributed by atoms with Crippen molar-refractivity contribution in [3.8, 4) is 0 Å². The highest BCUT2D eigenvalue weighted by Gasteiger charge is 2.23. The van der Waals surface area contributed by atoms with Gasteiger partial charge in [0.2, 0.25) is 5.91 Å². The van der Waals surface area contributed by atoms with E-state index in [-0.39, 0.29) is 18.8 Å². The van der Waals surface area contributed by atoms with Crippen molar-refractivity contribution < 1.29 is 24.6 Å². The fraction of sp³-hybridized carbons (Fsp3) is 0.700. The summed E-state index contributed by atoms with van der Waals surface area (Å²) in [5, 5.41) is 19.6. The molecule has 7 nitrogen and oxygen atoms in total. The highest BCUT2D eigenvalue weighted by molar-refractivity contribution is 5.85. The van der Waals surface area contributed by atoms with Gasteiger partial charge in [-0.05, 0) is 19.4 Å². The molecule has 17 heavy (non-hydrogen) atoms. The molecule has 5 N–H and O–H groups in total. The molecule has 0 aliphatic heterocycles. The number of nitrogens with one attached hydrogen (secondary N) is 1. The zero-order valence-corrected chi connectivity index (χ0v) is 9.68. The van der Waals surface area contributed by atoms with Gasteiger partial charge in [0.15, 0.2) is 0 Å². The SMILES string of the molecule is CC(CCN)C(=O)N[C@@H](CCC(=O)O)C(=O)O. The molecule has 0 aliphatic rings. The van der Waals surface area contributed by atoms with Crippen LogP contribution in [0.4, 0.5) is 0 Å². The number of hydrogen-bond acceptors (Lipinski definition) is 4. The standard InChI is InChI=1S/C10H18N2O5/c1-6(4-5-11)9(15)12-7(10(16)17)2-3-8(13)14/h6-7H,2-5,11H2,1H3,(H,12,15)(H,13,14)(H,16,17)/t6?,7-/m0/s1. The second-order valence-corrected chi connectivity index (χ2v) is 3.81. The van der Waals surface area contributed by atoms with Gasteiger partial charge < -0.3 is 21.3 Å². The molecule has 98 valence electrons. The molecule has 0 saturated heterocycles. The second kappa shape index (κ2) is 7.61. The molecule has 0 aliphatic carbocycles. The van der Waals surface area contributed by atoms with E-state index in [0.29, 0.717) is 13.0 Å². The minimum Gasteiger partial charge on any atom is -0.481 e. The lowest BCUT2D eigenvalue weighted by Crippen LogP contribution is -2.43. The summed E-state index contributed by atoms with van der Waals surface area (Å²) in [7, 11) is 0. The van der Waals surface area contributed by atoms with Gasteiger partial charge in [0.1, 0.15) is 6.04 Å². The number of nitrogens with two attached hydrogens (primary N) is 1. The number of carbonyl (C=O) groups is 3. The third kappa shape index (κ3) is 6.52. The maximum Gasteiger partial charge on any atom is 0.326 e. The zero-order chi connectivity index (χ0) is 13.4. The molecule has 0 aromatic carbocycles. The summed E-state index contributed by atoms with van der Waals surface area (Å²) in [5.41, 5.74) is 5.28. The molecule has 0 saturated carbocycles. The van der Waals surface area contributed by atoms with Crippen LogP contribution in [0.25, 0.3) is 0 Å². The predicted octanol–water partition coefficient (Wildman–Crippen LogP) is -0.594. The lowest BCUT2D eigenvalue weighted by molar-refractivity contribution is -0.143. The fourth-order valence-electron chi connectivity index (χ4n) is 1.22. The van der Waals surface area contributed by atoms with Gasteiger partial charge in [0, 0.05) is 12.3 Å². The summed E-state index contributed by atoms with van der Waals surface area (Å²) in [6.45, 7) is 1.97. The van der Waals surface area contributed by atoms with E-state index < -0.39 is 23.9 Å². The van der Waals surface area contributed by atoms with E-state index in [9.17, 15) is 14.4 Å². The highest BCUT2D eigenvalue weighted by Crippen LogP contribution is 2.04. The first-order chi connectivity index (χ1) is 7.88. The zero-order valence-electron chi connectivity index (χ0n) is 9.68. The summed E-state index contributed by atoms with van der Waals surface area (Å²) in [5.74, 6) is -3.14. The van der Waals surface area contributed by atoms with E-state index in [2.05, 4.69) is 5.32 Å². The number of hydrogen-bond donors (Lipinski definition) is 4. The minimum atomic E-state index is -1.24. The highest BCUT2D eigenvalue weighted by atomic mass is 16.4. The van der Waals surface area contributed by atoms with E-state index >= 15 is 0 Å². The van der Waals surface area contributed by atoms with Gasteiger partial charge in [0.05, 0.1) is 0 Å². The van der Waals surface area contributed by atoms with Crippen LogP contribution in [0.3, 0.4) is 0 Å². The molecular weight excluding hydrogens is 228 g/mol. The van der Waals surface area contributed by atoms with E-state index in [1.54, 1.807) is 6.92 Å². The fourth-order valence-corrected chi connectivity index (χ4v) is 1.22. The Balaban J connectivity index is 4.29. The van der Waals surface area contributed by atoms with Crippen LogP contribution in [0, 0.1) is 5.92 Å². The maximum absolute atomic E-state index is 11.5. The van der Waals surface area contributed by atoms with Crippen molar-refractivity contribution in [2.75, 3.05) is 6.54 Å². The monoisotopic (exact) mass is 246 g/mol. The van der Waals surface area contributed by atoms with Crippen molar-refractivity contribution in [3.63, 3.8) is 0 Å². The third-order valence-electron chi connectivity index (χ3n) is 2.31. The Kier molecular flexibility index (Phi) is 6.88. The molecule has 7 heteroatoms. The number of aliphatic carboxylic acids is 2. The number of carbonyl (C=O) groups excluding carboxylic acids is 1. The van der Waals surface area contributed by atoms with Gasteiger partial charge >= 0.3 is 11.9 Å². The third-order valence-corrected chi connectivity index (χ3v) is 2.31. The number of amides is 1. The van der Waals surface area contributed by atoms with Crippen LogP contribution in [-0.2, 0) is 14.4 Å². The lowest BCUT2D eigenvalue weighted by Gasteiger charge is -2.16.